The third-order valence-electron chi connectivity index (χ3n) is 2.98. The van der Waals surface area contributed by atoms with Crippen molar-refractivity contribution >= 4 is 0 Å². The maximum Gasteiger partial charge on any atom is 0.0585 e. The molecule has 2 N–H and O–H groups in total. The van der Waals surface area contributed by atoms with E-state index in [9.17, 15) is 5.11 Å². The quantitative estimate of drug-likeness (QED) is 0.759. The van der Waals surface area contributed by atoms with E-state index >= 15 is 0 Å². The first-order valence-corrected chi connectivity index (χ1v) is 6.06. The van der Waals surface area contributed by atoms with Crippen LogP contribution in [0.5, 0.6) is 0 Å². The molecule has 17 heavy (non-hydrogen) atoms. The average Bonchev–Trinajstić information content (AvgIpc) is 2.33. The zero-order valence-corrected chi connectivity index (χ0v) is 11.0. The normalized spacial score (nSPS) is 12.7. The van der Waals surface area contributed by atoms with Gasteiger partial charge >= 0.3 is 0 Å². The highest BCUT2D eigenvalue weighted by Gasteiger charge is 2.07. The Morgan fingerprint density at radius 2 is 2.12 bits per heavy atom. The molecule has 0 saturated heterocycles. The van der Waals surface area contributed by atoms with Crippen LogP contribution in [0.15, 0.2) is 18.2 Å². The summed E-state index contributed by atoms with van der Waals surface area (Å²) < 4.78 is 5.02. The molecule has 0 radical (unpaired) electrons. The first-order chi connectivity index (χ1) is 8.17. The molecule has 0 aliphatic heterocycles. The summed E-state index contributed by atoms with van der Waals surface area (Å²) in [6, 6.07) is 6.55. The molecule has 3 heteroatoms. The van der Waals surface area contributed by atoms with Crippen molar-refractivity contribution in [3.05, 3.63) is 34.9 Å². The van der Waals surface area contributed by atoms with Crippen molar-refractivity contribution in [2.75, 3.05) is 20.3 Å². The van der Waals surface area contributed by atoms with E-state index in [1.807, 2.05) is 0 Å². The number of hydrogen-bond donors (Lipinski definition) is 2. The van der Waals surface area contributed by atoms with Crippen LogP contribution in [0.25, 0.3) is 0 Å². The van der Waals surface area contributed by atoms with E-state index in [4.69, 9.17) is 4.74 Å². The van der Waals surface area contributed by atoms with Crippen molar-refractivity contribution in [2.24, 2.45) is 0 Å². The molecule has 1 atom stereocenters. The number of aliphatic hydroxyl groups is 1. The SMILES string of the molecule is COCCC(CO)NCc1cc(C)ccc1C. The summed E-state index contributed by atoms with van der Waals surface area (Å²) in [5.41, 5.74) is 3.84. The molecule has 0 aliphatic carbocycles. The molecule has 1 unspecified atom stereocenters. The van der Waals surface area contributed by atoms with Crippen LogP contribution in [0.1, 0.15) is 23.1 Å². The second kappa shape index (κ2) is 7.43. The number of methoxy groups -OCH3 is 1. The fraction of sp³-hybridized carbons (Fsp3) is 0.571. The molecule has 1 aromatic carbocycles. The largest absolute Gasteiger partial charge is 0.395 e. The molecule has 0 aromatic heterocycles. The third kappa shape index (κ3) is 4.86. The Hall–Kier alpha value is -0.900. The van der Waals surface area contributed by atoms with E-state index in [2.05, 4.69) is 37.4 Å². The van der Waals surface area contributed by atoms with Gasteiger partial charge in [0.2, 0.25) is 0 Å². The summed E-state index contributed by atoms with van der Waals surface area (Å²) in [5, 5.41) is 12.6. The zero-order valence-electron chi connectivity index (χ0n) is 11.0. The van der Waals surface area contributed by atoms with Crippen LogP contribution in [0, 0.1) is 13.8 Å². The van der Waals surface area contributed by atoms with Gasteiger partial charge in [0.15, 0.2) is 0 Å². The van der Waals surface area contributed by atoms with Crippen molar-refractivity contribution in [1.82, 2.24) is 5.32 Å². The number of benzene rings is 1. The summed E-state index contributed by atoms with van der Waals surface area (Å²) in [4.78, 5) is 0. The topological polar surface area (TPSA) is 41.5 Å². The monoisotopic (exact) mass is 237 g/mol. The highest BCUT2D eigenvalue weighted by atomic mass is 16.5. The van der Waals surface area contributed by atoms with Gasteiger partial charge in [-0.25, -0.2) is 0 Å². The Morgan fingerprint density at radius 3 is 2.76 bits per heavy atom. The summed E-state index contributed by atoms with van der Waals surface area (Å²) in [5.74, 6) is 0. The lowest BCUT2D eigenvalue weighted by molar-refractivity contribution is 0.159. The van der Waals surface area contributed by atoms with Crippen LogP contribution in [0.3, 0.4) is 0 Å². The van der Waals surface area contributed by atoms with Crippen LogP contribution in [0.2, 0.25) is 0 Å². The van der Waals surface area contributed by atoms with Crippen molar-refractivity contribution in [1.29, 1.82) is 0 Å². The van der Waals surface area contributed by atoms with Gasteiger partial charge in [-0.2, -0.15) is 0 Å². The van der Waals surface area contributed by atoms with Gasteiger partial charge in [-0.1, -0.05) is 23.8 Å². The van der Waals surface area contributed by atoms with Crippen LogP contribution < -0.4 is 5.32 Å². The number of aliphatic hydroxyl groups excluding tert-OH is 1. The minimum atomic E-state index is 0.106. The Balaban J connectivity index is 2.50. The lowest BCUT2D eigenvalue weighted by Gasteiger charge is -2.17. The van der Waals surface area contributed by atoms with Gasteiger partial charge in [0, 0.05) is 26.3 Å². The molecule has 96 valence electrons. The van der Waals surface area contributed by atoms with Crippen LogP contribution in [0.4, 0.5) is 0 Å². The maximum absolute atomic E-state index is 9.24. The van der Waals surface area contributed by atoms with Gasteiger partial charge in [-0.05, 0) is 31.4 Å². The molecule has 0 saturated carbocycles. The van der Waals surface area contributed by atoms with E-state index in [1.54, 1.807) is 7.11 Å². The van der Waals surface area contributed by atoms with Gasteiger partial charge in [-0.15, -0.1) is 0 Å². The van der Waals surface area contributed by atoms with E-state index in [-0.39, 0.29) is 12.6 Å². The lowest BCUT2D eigenvalue weighted by atomic mass is 10.1. The van der Waals surface area contributed by atoms with E-state index in [0.717, 1.165) is 13.0 Å². The fourth-order valence-electron chi connectivity index (χ4n) is 1.76. The van der Waals surface area contributed by atoms with Gasteiger partial charge < -0.3 is 15.2 Å². The second-order valence-corrected chi connectivity index (χ2v) is 4.47. The molecule has 1 aromatic rings. The Bertz CT molecular complexity index is 339. The minimum Gasteiger partial charge on any atom is -0.395 e. The first kappa shape index (κ1) is 14.2. The summed E-state index contributed by atoms with van der Waals surface area (Å²) in [6.45, 7) is 5.82. The van der Waals surface area contributed by atoms with Crippen LogP contribution in [-0.4, -0.2) is 31.5 Å². The zero-order chi connectivity index (χ0) is 12.7. The van der Waals surface area contributed by atoms with E-state index in [1.165, 1.54) is 16.7 Å². The first-order valence-electron chi connectivity index (χ1n) is 6.06. The number of hydrogen-bond acceptors (Lipinski definition) is 3. The average molecular weight is 237 g/mol. The molecule has 0 aliphatic rings. The number of aryl methyl sites for hydroxylation is 2. The number of rotatable bonds is 7. The molecule has 1 rings (SSSR count). The van der Waals surface area contributed by atoms with Gasteiger partial charge in [0.25, 0.3) is 0 Å². The van der Waals surface area contributed by atoms with Crippen molar-refractivity contribution in [2.45, 2.75) is 32.9 Å². The third-order valence-corrected chi connectivity index (χ3v) is 2.98. The highest BCUT2D eigenvalue weighted by molar-refractivity contribution is 5.30. The minimum absolute atomic E-state index is 0.106. The molecule has 0 fully saturated rings. The molecular weight excluding hydrogens is 214 g/mol. The number of nitrogens with one attached hydrogen (secondary N) is 1. The fourth-order valence-corrected chi connectivity index (χ4v) is 1.76. The smallest absolute Gasteiger partial charge is 0.0585 e. The van der Waals surface area contributed by atoms with Crippen molar-refractivity contribution in [3.63, 3.8) is 0 Å². The van der Waals surface area contributed by atoms with Gasteiger partial charge in [-0.3, -0.25) is 0 Å². The Morgan fingerprint density at radius 1 is 1.35 bits per heavy atom. The second-order valence-electron chi connectivity index (χ2n) is 4.47. The van der Waals surface area contributed by atoms with Crippen LogP contribution in [-0.2, 0) is 11.3 Å². The van der Waals surface area contributed by atoms with E-state index < -0.39 is 0 Å². The lowest BCUT2D eigenvalue weighted by Crippen LogP contribution is -2.33. The highest BCUT2D eigenvalue weighted by Crippen LogP contribution is 2.10. The Kier molecular flexibility index (Phi) is 6.19. The molecule has 0 spiro atoms. The van der Waals surface area contributed by atoms with Crippen molar-refractivity contribution in [3.8, 4) is 0 Å². The Labute approximate surface area is 104 Å². The predicted molar refractivity (Wildman–Crippen MR) is 70.1 cm³/mol. The summed E-state index contributed by atoms with van der Waals surface area (Å²) in [6.07, 6.45) is 0.831. The molecule has 3 nitrogen and oxygen atoms in total. The molecule has 0 heterocycles. The molecule has 0 bridgehead atoms. The summed E-state index contributed by atoms with van der Waals surface area (Å²) in [7, 11) is 1.68. The van der Waals surface area contributed by atoms with Gasteiger partial charge in [0.05, 0.1) is 6.61 Å². The predicted octanol–water partition coefficient (Wildman–Crippen LogP) is 1.79. The standard InChI is InChI=1S/C14H23NO2/c1-11-4-5-12(2)13(8-11)9-15-14(10-16)6-7-17-3/h4-5,8,14-16H,6-7,9-10H2,1-3H3. The molecular formula is C14H23NO2. The van der Waals surface area contributed by atoms with Crippen LogP contribution >= 0.6 is 0 Å². The summed E-state index contributed by atoms with van der Waals surface area (Å²) >= 11 is 0. The van der Waals surface area contributed by atoms with Gasteiger partial charge in [0.1, 0.15) is 0 Å². The van der Waals surface area contributed by atoms with E-state index in [0.29, 0.717) is 6.61 Å². The van der Waals surface area contributed by atoms with Crippen molar-refractivity contribution < 1.29 is 9.84 Å². The maximum atomic E-state index is 9.24. The molecule has 0 amide bonds. The number of ether oxygens (including phenoxy) is 1.